The van der Waals surface area contributed by atoms with Crippen LogP contribution in [0.4, 0.5) is 34.1 Å². The van der Waals surface area contributed by atoms with Crippen molar-refractivity contribution in [3.63, 3.8) is 0 Å². The van der Waals surface area contributed by atoms with Crippen LogP contribution in [0.25, 0.3) is 32.6 Å². The Bertz CT molecular complexity index is 2890. The molecule has 4 unspecified atom stereocenters. The van der Waals surface area contributed by atoms with Crippen LogP contribution < -0.4 is 32.7 Å². The van der Waals surface area contributed by atoms with Crippen molar-refractivity contribution in [1.29, 1.82) is 0 Å². The Labute approximate surface area is 390 Å². The van der Waals surface area contributed by atoms with Crippen molar-refractivity contribution >= 4 is 66.7 Å². The second kappa shape index (κ2) is 16.3. The normalized spacial score (nSPS) is 16.7. The molecule has 8 aromatic rings. The van der Waals surface area contributed by atoms with Crippen molar-refractivity contribution in [3.05, 3.63) is 166 Å². The summed E-state index contributed by atoms with van der Waals surface area (Å²) < 4.78 is 0. The fourth-order valence-electron chi connectivity index (χ4n) is 11.2. The van der Waals surface area contributed by atoms with E-state index in [1.54, 1.807) is 0 Å². The molecule has 8 N–H and O–H groups in total. The Morgan fingerprint density at radius 1 is 0.424 bits per heavy atom. The Morgan fingerprint density at radius 2 is 0.712 bits per heavy atom. The van der Waals surface area contributed by atoms with Gasteiger partial charge in [0, 0.05) is 57.1 Å². The largest absolute Gasteiger partial charge is 0.324 e. The third-order valence-electron chi connectivity index (χ3n) is 15.1. The monoisotopic (exact) mass is 873 g/mol. The number of hydrogen-bond acceptors (Lipinski definition) is 8. The maximum atomic E-state index is 7.41. The van der Waals surface area contributed by atoms with E-state index in [1.807, 2.05) is 0 Å². The van der Waals surface area contributed by atoms with Crippen molar-refractivity contribution in [2.45, 2.75) is 116 Å². The van der Waals surface area contributed by atoms with Crippen molar-refractivity contribution < 1.29 is 0 Å². The number of nitrogens with zero attached hydrogens (tertiary/aromatic N) is 4. The summed E-state index contributed by atoms with van der Waals surface area (Å²) in [5.41, 5.74) is 45.2. The number of fused-ring (bicyclic) bond motifs is 10. The van der Waals surface area contributed by atoms with Crippen molar-refractivity contribution in [2.75, 3.05) is 9.80 Å². The summed E-state index contributed by atoms with van der Waals surface area (Å²) in [6.45, 7) is 17.8. The van der Waals surface area contributed by atoms with Crippen molar-refractivity contribution in [3.8, 4) is 0 Å². The molecule has 66 heavy (non-hydrogen) atoms. The van der Waals surface area contributed by atoms with Crippen LogP contribution >= 0.6 is 0 Å². The molecule has 0 saturated heterocycles. The number of nitrogens with two attached hydrogens (primary N) is 4. The van der Waals surface area contributed by atoms with E-state index in [9.17, 15) is 0 Å². The second-order valence-corrected chi connectivity index (χ2v) is 19.7. The van der Waals surface area contributed by atoms with Gasteiger partial charge in [-0.05, 0) is 118 Å². The SMILES string of the molecule is CCC(N)c1nc2c3cc(N4c5ccccc5C(C)(C)c5ccccc54)cc(C(N)CC)c3c3c(C(N)CC)cc(N4c5ccccc5C(C)(C)c5ccccc54)cc3c2nc1C(N)CC. The molecule has 0 amide bonds. The maximum absolute atomic E-state index is 7.41. The van der Waals surface area contributed by atoms with E-state index in [0.717, 1.165) is 102 Å². The highest BCUT2D eigenvalue weighted by atomic mass is 15.2. The first kappa shape index (κ1) is 43.7. The van der Waals surface area contributed by atoms with Gasteiger partial charge in [-0.2, -0.15) is 0 Å². The molecule has 8 heteroatoms. The maximum Gasteiger partial charge on any atom is 0.0976 e. The Hall–Kier alpha value is -6.16. The third kappa shape index (κ3) is 6.48. The molecule has 0 aliphatic carbocycles. The summed E-state index contributed by atoms with van der Waals surface area (Å²) in [5.74, 6) is 0. The van der Waals surface area contributed by atoms with Gasteiger partial charge in [0.05, 0.1) is 45.2 Å². The molecule has 2 aliphatic heterocycles. The van der Waals surface area contributed by atoms with Gasteiger partial charge in [0.1, 0.15) is 0 Å². The van der Waals surface area contributed by atoms with Gasteiger partial charge in [-0.25, -0.2) is 9.97 Å². The summed E-state index contributed by atoms with van der Waals surface area (Å²) in [5, 5.41) is 4.04. The minimum absolute atomic E-state index is 0.217. The van der Waals surface area contributed by atoms with Crippen LogP contribution in [-0.4, -0.2) is 9.97 Å². The van der Waals surface area contributed by atoms with E-state index >= 15 is 0 Å². The minimum atomic E-state index is -0.357. The first-order valence-electron chi connectivity index (χ1n) is 24.1. The van der Waals surface area contributed by atoms with Crippen LogP contribution in [-0.2, 0) is 10.8 Å². The molecule has 0 bridgehead atoms. The number of hydrogen-bond donors (Lipinski definition) is 4. The zero-order valence-corrected chi connectivity index (χ0v) is 39.8. The molecular weight excluding hydrogens is 809 g/mol. The Kier molecular flexibility index (Phi) is 10.8. The van der Waals surface area contributed by atoms with Gasteiger partial charge in [-0.1, -0.05) is 128 Å². The van der Waals surface area contributed by atoms with Gasteiger partial charge in [-0.3, -0.25) is 0 Å². The van der Waals surface area contributed by atoms with Gasteiger partial charge in [0.15, 0.2) is 0 Å². The fraction of sp³-hybridized carbons (Fsp3) is 0.310. The fourth-order valence-corrected chi connectivity index (χ4v) is 11.2. The molecule has 3 heterocycles. The molecule has 0 saturated carbocycles. The van der Waals surface area contributed by atoms with Crippen LogP contribution in [0.3, 0.4) is 0 Å². The van der Waals surface area contributed by atoms with Crippen LogP contribution in [0.2, 0.25) is 0 Å². The van der Waals surface area contributed by atoms with E-state index in [-0.39, 0.29) is 35.0 Å². The number of anilines is 6. The van der Waals surface area contributed by atoms with E-state index in [0.29, 0.717) is 12.8 Å². The van der Waals surface area contributed by atoms with Gasteiger partial charge < -0.3 is 32.7 Å². The van der Waals surface area contributed by atoms with Gasteiger partial charge in [0.25, 0.3) is 0 Å². The molecule has 0 radical (unpaired) electrons. The highest BCUT2D eigenvalue weighted by Crippen LogP contribution is 2.56. The van der Waals surface area contributed by atoms with Gasteiger partial charge in [-0.15, -0.1) is 0 Å². The molecule has 4 atom stereocenters. The lowest BCUT2D eigenvalue weighted by atomic mass is 9.73. The highest BCUT2D eigenvalue weighted by Gasteiger charge is 2.39. The first-order chi connectivity index (χ1) is 31.8. The molecule has 7 aromatic carbocycles. The van der Waals surface area contributed by atoms with Crippen LogP contribution in [0, 0.1) is 0 Å². The summed E-state index contributed by atoms with van der Waals surface area (Å²) in [4.78, 5) is 16.2. The lowest BCUT2D eigenvalue weighted by Gasteiger charge is -2.42. The Balaban J connectivity index is 1.40. The molecule has 336 valence electrons. The summed E-state index contributed by atoms with van der Waals surface area (Å²) >= 11 is 0. The van der Waals surface area contributed by atoms with Crippen LogP contribution in [0.15, 0.2) is 121 Å². The number of rotatable bonds is 10. The minimum Gasteiger partial charge on any atom is -0.324 e. The lowest BCUT2D eigenvalue weighted by Crippen LogP contribution is -2.30. The topological polar surface area (TPSA) is 136 Å². The van der Waals surface area contributed by atoms with E-state index in [4.69, 9.17) is 32.9 Å². The van der Waals surface area contributed by atoms with E-state index < -0.39 is 0 Å². The van der Waals surface area contributed by atoms with Crippen molar-refractivity contribution in [2.24, 2.45) is 22.9 Å². The molecular formula is C58H64N8. The third-order valence-corrected chi connectivity index (χ3v) is 15.1. The summed E-state index contributed by atoms with van der Waals surface area (Å²) in [7, 11) is 0. The first-order valence-corrected chi connectivity index (χ1v) is 24.1. The average Bonchev–Trinajstić information content (AvgIpc) is 3.34. The quantitative estimate of drug-likeness (QED) is 0.0997. The zero-order chi connectivity index (χ0) is 46.4. The number of aromatic nitrogens is 2. The molecule has 8 nitrogen and oxygen atoms in total. The molecule has 10 rings (SSSR count). The summed E-state index contributed by atoms with van der Waals surface area (Å²) in [6.07, 6.45) is 2.83. The van der Waals surface area contributed by atoms with E-state index in [2.05, 4.69) is 187 Å². The average molecular weight is 873 g/mol. The Morgan fingerprint density at radius 3 is 1.00 bits per heavy atom. The zero-order valence-electron chi connectivity index (χ0n) is 39.8. The standard InChI is InChI=1S/C58H64N8/c1-9-43(59)35-29-33(65-47-25-17-13-21-39(47)57(5,6)40-22-14-18-26-48(40)65)31-37-51(35)52-36(44(60)10-2)30-34(32-38(52)54-53(37)63-55(45(61)11-3)56(64-54)46(62)12-4)66-49-27-19-15-23-41(49)58(7,8)42-24-16-20-28-50(42)66/h13-32,43-46H,9-12,59-62H2,1-8H3. The van der Waals surface area contributed by atoms with Crippen LogP contribution in [0.5, 0.6) is 0 Å². The molecule has 0 fully saturated rings. The molecule has 0 spiro atoms. The molecule has 1 aromatic heterocycles. The smallest absolute Gasteiger partial charge is 0.0976 e. The van der Waals surface area contributed by atoms with Gasteiger partial charge >= 0.3 is 0 Å². The number of para-hydroxylation sites is 4. The molecule has 2 aliphatic rings. The second-order valence-electron chi connectivity index (χ2n) is 19.7. The number of benzene rings is 7. The van der Waals surface area contributed by atoms with Gasteiger partial charge in [0.2, 0.25) is 0 Å². The predicted molar refractivity (Wildman–Crippen MR) is 277 cm³/mol. The van der Waals surface area contributed by atoms with E-state index in [1.165, 1.54) is 22.3 Å². The van der Waals surface area contributed by atoms with Crippen molar-refractivity contribution in [1.82, 2.24) is 9.97 Å². The summed E-state index contributed by atoms with van der Waals surface area (Å²) in [6, 6.07) is 43.1. The highest BCUT2D eigenvalue weighted by molar-refractivity contribution is 6.26. The lowest BCUT2D eigenvalue weighted by molar-refractivity contribution is 0.613. The predicted octanol–water partition coefficient (Wildman–Crippen LogP) is 13.8. The van der Waals surface area contributed by atoms with Crippen LogP contribution in [0.1, 0.15) is 150 Å².